The van der Waals surface area contributed by atoms with Gasteiger partial charge in [0.05, 0.1) is 6.20 Å². The van der Waals surface area contributed by atoms with E-state index in [1.807, 2.05) is 41.3 Å². The molecule has 1 aromatic heterocycles. The third-order valence-electron chi connectivity index (χ3n) is 3.13. The summed E-state index contributed by atoms with van der Waals surface area (Å²) in [5.41, 5.74) is 8.61. The molecule has 1 aromatic carbocycles. The number of nitrogens with two attached hydrogens (primary N) is 1. The fraction of sp³-hybridized carbons (Fsp3) is 0.333. The first-order valence-electron chi connectivity index (χ1n) is 6.65. The zero-order valence-corrected chi connectivity index (χ0v) is 11.9. The lowest BCUT2D eigenvalue weighted by atomic mass is 10.1. The fourth-order valence-electron chi connectivity index (χ4n) is 1.97. The lowest BCUT2D eigenvalue weighted by Gasteiger charge is -2.09. The van der Waals surface area contributed by atoms with Crippen molar-refractivity contribution < 1.29 is 4.79 Å². The summed E-state index contributed by atoms with van der Waals surface area (Å²) in [6.07, 6.45) is 5.13. The summed E-state index contributed by atoms with van der Waals surface area (Å²) in [6.45, 7) is 0.738. The quantitative estimate of drug-likeness (QED) is 0.847. The molecule has 0 unspecified atom stereocenters. The number of carbonyl (C=O) groups is 1. The molecule has 2 rings (SSSR count). The van der Waals surface area contributed by atoms with Crippen LogP contribution in [-0.2, 0) is 11.3 Å². The molecule has 0 radical (unpaired) electrons. The Hall–Kier alpha value is -2.30. The van der Waals surface area contributed by atoms with E-state index in [1.54, 1.807) is 19.0 Å². The first-order valence-corrected chi connectivity index (χ1v) is 6.65. The zero-order chi connectivity index (χ0) is 14.5. The summed E-state index contributed by atoms with van der Waals surface area (Å²) in [4.78, 5) is 13.1. The summed E-state index contributed by atoms with van der Waals surface area (Å²) in [5.74, 6) is 0.146. The zero-order valence-electron chi connectivity index (χ0n) is 11.9. The molecule has 0 bridgehead atoms. The van der Waals surface area contributed by atoms with Gasteiger partial charge in [-0.1, -0.05) is 12.1 Å². The molecule has 0 aliphatic heterocycles. The Morgan fingerprint density at radius 1 is 1.35 bits per heavy atom. The van der Waals surface area contributed by atoms with E-state index in [0.717, 1.165) is 29.8 Å². The van der Waals surface area contributed by atoms with Gasteiger partial charge in [0.2, 0.25) is 5.91 Å². The van der Waals surface area contributed by atoms with Crippen molar-refractivity contribution in [3.63, 3.8) is 0 Å². The molecule has 0 aliphatic rings. The van der Waals surface area contributed by atoms with Gasteiger partial charge in [0.25, 0.3) is 0 Å². The number of benzene rings is 1. The second kappa shape index (κ2) is 6.23. The topological polar surface area (TPSA) is 64.2 Å². The molecular weight excluding hydrogens is 252 g/mol. The molecule has 1 amide bonds. The molecule has 0 aliphatic carbocycles. The number of hydrogen-bond donors (Lipinski definition) is 1. The summed E-state index contributed by atoms with van der Waals surface area (Å²) >= 11 is 0. The number of carbonyl (C=O) groups excluding carboxylic acids is 1. The Labute approximate surface area is 119 Å². The summed E-state index contributed by atoms with van der Waals surface area (Å²) in [7, 11) is 3.54. The lowest BCUT2D eigenvalue weighted by Crippen LogP contribution is -2.21. The van der Waals surface area contributed by atoms with Crippen molar-refractivity contribution >= 4 is 11.6 Å². The van der Waals surface area contributed by atoms with Crippen molar-refractivity contribution in [3.8, 4) is 11.1 Å². The third kappa shape index (κ3) is 3.60. The van der Waals surface area contributed by atoms with Crippen LogP contribution in [0.5, 0.6) is 0 Å². The van der Waals surface area contributed by atoms with Crippen LogP contribution in [0.2, 0.25) is 0 Å². The predicted octanol–water partition coefficient (Wildman–Crippen LogP) is 2.00. The number of aromatic nitrogens is 2. The van der Waals surface area contributed by atoms with Gasteiger partial charge in [0.1, 0.15) is 0 Å². The third-order valence-corrected chi connectivity index (χ3v) is 3.13. The Bertz CT molecular complexity index is 589. The van der Waals surface area contributed by atoms with Crippen molar-refractivity contribution in [1.82, 2.24) is 14.7 Å². The van der Waals surface area contributed by atoms with Crippen molar-refractivity contribution in [1.29, 1.82) is 0 Å². The molecule has 5 heteroatoms. The van der Waals surface area contributed by atoms with Crippen molar-refractivity contribution in [2.24, 2.45) is 0 Å². The molecule has 20 heavy (non-hydrogen) atoms. The summed E-state index contributed by atoms with van der Waals surface area (Å²) in [6, 6.07) is 7.72. The molecule has 2 N–H and O–H groups in total. The number of rotatable bonds is 5. The van der Waals surface area contributed by atoms with Crippen LogP contribution < -0.4 is 5.73 Å². The van der Waals surface area contributed by atoms with Crippen molar-refractivity contribution in [2.45, 2.75) is 19.4 Å². The number of nitrogens with zero attached hydrogens (tertiary/aromatic N) is 3. The smallest absolute Gasteiger partial charge is 0.222 e. The van der Waals surface area contributed by atoms with E-state index >= 15 is 0 Å². The summed E-state index contributed by atoms with van der Waals surface area (Å²) in [5, 5.41) is 4.31. The van der Waals surface area contributed by atoms with Crippen LogP contribution in [0.3, 0.4) is 0 Å². The molecule has 2 aromatic rings. The second-order valence-electron chi connectivity index (χ2n) is 5.01. The van der Waals surface area contributed by atoms with E-state index in [4.69, 9.17) is 5.73 Å². The standard InChI is InChI=1S/C15H20N4O/c1-18(2)15(20)7-4-8-19-11-13(10-17-19)12-5-3-6-14(16)9-12/h3,5-6,9-11H,4,7-8,16H2,1-2H3. The largest absolute Gasteiger partial charge is 0.399 e. The molecule has 1 heterocycles. The lowest BCUT2D eigenvalue weighted by molar-refractivity contribution is -0.128. The Balaban J connectivity index is 1.94. The van der Waals surface area contributed by atoms with Gasteiger partial charge in [-0.05, 0) is 24.1 Å². The minimum absolute atomic E-state index is 0.146. The van der Waals surface area contributed by atoms with Gasteiger partial charge < -0.3 is 10.6 Å². The maximum atomic E-state index is 11.5. The van der Waals surface area contributed by atoms with Crippen LogP contribution in [-0.4, -0.2) is 34.7 Å². The van der Waals surface area contributed by atoms with Gasteiger partial charge in [0, 0.05) is 44.5 Å². The monoisotopic (exact) mass is 272 g/mol. The molecule has 0 saturated carbocycles. The van der Waals surface area contributed by atoms with E-state index in [9.17, 15) is 4.79 Å². The highest BCUT2D eigenvalue weighted by atomic mass is 16.2. The normalized spacial score (nSPS) is 10.5. The number of hydrogen-bond acceptors (Lipinski definition) is 3. The molecular formula is C15H20N4O. The van der Waals surface area contributed by atoms with E-state index in [2.05, 4.69) is 5.10 Å². The average molecular weight is 272 g/mol. The van der Waals surface area contributed by atoms with Crippen LogP contribution >= 0.6 is 0 Å². The van der Waals surface area contributed by atoms with Crippen LogP contribution in [0.15, 0.2) is 36.7 Å². The Morgan fingerprint density at radius 3 is 2.85 bits per heavy atom. The van der Waals surface area contributed by atoms with E-state index in [0.29, 0.717) is 6.42 Å². The number of aryl methyl sites for hydroxylation is 1. The van der Waals surface area contributed by atoms with Gasteiger partial charge in [-0.3, -0.25) is 9.48 Å². The van der Waals surface area contributed by atoms with Gasteiger partial charge in [-0.25, -0.2) is 0 Å². The van der Waals surface area contributed by atoms with E-state index < -0.39 is 0 Å². The number of nitrogen functional groups attached to an aromatic ring is 1. The van der Waals surface area contributed by atoms with E-state index in [-0.39, 0.29) is 5.91 Å². The SMILES string of the molecule is CN(C)C(=O)CCCn1cc(-c2cccc(N)c2)cn1. The van der Waals surface area contributed by atoms with Gasteiger partial charge in [-0.2, -0.15) is 5.10 Å². The predicted molar refractivity (Wildman–Crippen MR) is 80.0 cm³/mol. The first-order chi connectivity index (χ1) is 9.56. The van der Waals surface area contributed by atoms with Gasteiger partial charge in [-0.15, -0.1) is 0 Å². The number of amides is 1. The number of anilines is 1. The van der Waals surface area contributed by atoms with Crippen LogP contribution in [0.4, 0.5) is 5.69 Å². The van der Waals surface area contributed by atoms with Crippen LogP contribution in [0, 0.1) is 0 Å². The Morgan fingerprint density at radius 2 is 2.15 bits per heavy atom. The highest BCUT2D eigenvalue weighted by molar-refractivity contribution is 5.75. The highest BCUT2D eigenvalue weighted by Gasteiger charge is 2.05. The molecule has 106 valence electrons. The molecule has 0 atom stereocenters. The maximum Gasteiger partial charge on any atom is 0.222 e. The fourth-order valence-corrected chi connectivity index (χ4v) is 1.97. The van der Waals surface area contributed by atoms with E-state index in [1.165, 1.54) is 0 Å². The van der Waals surface area contributed by atoms with Crippen molar-refractivity contribution in [3.05, 3.63) is 36.7 Å². The first kappa shape index (κ1) is 14.1. The summed E-state index contributed by atoms with van der Waals surface area (Å²) < 4.78 is 1.86. The molecule has 0 fully saturated rings. The maximum absolute atomic E-state index is 11.5. The highest BCUT2D eigenvalue weighted by Crippen LogP contribution is 2.20. The second-order valence-corrected chi connectivity index (χ2v) is 5.01. The van der Waals surface area contributed by atoms with Gasteiger partial charge >= 0.3 is 0 Å². The van der Waals surface area contributed by atoms with Crippen molar-refractivity contribution in [2.75, 3.05) is 19.8 Å². The van der Waals surface area contributed by atoms with Gasteiger partial charge in [0.15, 0.2) is 0 Å². The average Bonchev–Trinajstić information content (AvgIpc) is 2.87. The molecule has 5 nitrogen and oxygen atoms in total. The molecule has 0 spiro atoms. The Kier molecular flexibility index (Phi) is 4.40. The van der Waals surface area contributed by atoms with Crippen LogP contribution in [0.1, 0.15) is 12.8 Å². The van der Waals surface area contributed by atoms with Crippen LogP contribution in [0.25, 0.3) is 11.1 Å². The minimum Gasteiger partial charge on any atom is -0.399 e. The molecule has 0 saturated heterocycles. The minimum atomic E-state index is 0.146.